The molecule has 6 heteroatoms. The van der Waals surface area contributed by atoms with Gasteiger partial charge in [0.1, 0.15) is 11.5 Å². The molecule has 0 aromatic heterocycles. The van der Waals surface area contributed by atoms with Crippen LogP contribution in [0.25, 0.3) is 0 Å². The third-order valence-electron chi connectivity index (χ3n) is 5.32. The number of anilines is 1. The summed E-state index contributed by atoms with van der Waals surface area (Å²) < 4.78 is 5.50. The van der Waals surface area contributed by atoms with Crippen molar-refractivity contribution in [2.75, 3.05) is 51.3 Å². The number of benzene rings is 2. The van der Waals surface area contributed by atoms with Crippen LogP contribution in [0.15, 0.2) is 53.5 Å². The van der Waals surface area contributed by atoms with Gasteiger partial charge in [-0.05, 0) is 30.7 Å². The Balaban J connectivity index is 1.65. The number of aromatic hydroxyl groups is 1. The lowest BCUT2D eigenvalue weighted by Gasteiger charge is -2.38. The first kappa shape index (κ1) is 20.8. The van der Waals surface area contributed by atoms with E-state index in [2.05, 4.69) is 35.0 Å². The van der Waals surface area contributed by atoms with Crippen LogP contribution in [0, 0.1) is 0 Å². The fourth-order valence-corrected chi connectivity index (χ4v) is 3.71. The maximum atomic E-state index is 10.1. The predicted octanol–water partition coefficient (Wildman–Crippen LogP) is 3.29. The summed E-state index contributed by atoms with van der Waals surface area (Å²) in [7, 11) is 1.71. The lowest BCUT2D eigenvalue weighted by Crippen LogP contribution is -2.52. The Kier molecular flexibility index (Phi) is 7.22. The molecule has 0 saturated carbocycles. The van der Waals surface area contributed by atoms with Crippen LogP contribution in [0.2, 0.25) is 0 Å². The summed E-state index contributed by atoms with van der Waals surface area (Å²) in [5.41, 5.74) is 2.08. The summed E-state index contributed by atoms with van der Waals surface area (Å²) >= 11 is 0. The van der Waals surface area contributed by atoms with Crippen molar-refractivity contribution in [3.05, 3.63) is 54.1 Å². The number of nitrogens with one attached hydrogen (secondary N) is 1. The Bertz CT molecular complexity index is 816. The minimum absolute atomic E-state index is 0.266. The molecule has 0 spiro atoms. The number of phenols is 1. The van der Waals surface area contributed by atoms with E-state index in [1.165, 1.54) is 5.56 Å². The number of aliphatic imine (C=N–C) groups is 1. The molecule has 1 aliphatic heterocycles. The number of para-hydroxylation sites is 3. The Morgan fingerprint density at radius 2 is 1.79 bits per heavy atom. The molecule has 0 aliphatic carbocycles. The molecule has 0 radical (unpaired) electrons. The average molecular weight is 397 g/mol. The first-order chi connectivity index (χ1) is 14.1. The van der Waals surface area contributed by atoms with E-state index in [0.29, 0.717) is 12.3 Å². The molecule has 1 heterocycles. The van der Waals surface area contributed by atoms with Gasteiger partial charge in [-0.1, -0.05) is 37.3 Å². The van der Waals surface area contributed by atoms with Gasteiger partial charge in [0.2, 0.25) is 0 Å². The smallest absolute Gasteiger partial charge is 0.194 e. The van der Waals surface area contributed by atoms with Gasteiger partial charge in [-0.25, -0.2) is 0 Å². The number of guanidine groups is 1. The lowest BCUT2D eigenvalue weighted by atomic mass is 10.0. The van der Waals surface area contributed by atoms with Gasteiger partial charge in [0.05, 0.1) is 12.8 Å². The van der Waals surface area contributed by atoms with Gasteiger partial charge in [0.15, 0.2) is 5.96 Å². The Hall–Kier alpha value is -2.89. The SMILES string of the molecule is CCNC(=NCC(C)c1ccccc1OC)N1CCN(c2ccccc2O)CC1. The van der Waals surface area contributed by atoms with Crippen molar-refractivity contribution in [2.24, 2.45) is 4.99 Å². The monoisotopic (exact) mass is 396 g/mol. The summed E-state index contributed by atoms with van der Waals surface area (Å²) in [6.45, 7) is 9.24. The van der Waals surface area contributed by atoms with Gasteiger partial charge in [0, 0.05) is 45.2 Å². The van der Waals surface area contributed by atoms with Crippen LogP contribution in [0.1, 0.15) is 25.3 Å². The second-order valence-electron chi connectivity index (χ2n) is 7.30. The molecule has 29 heavy (non-hydrogen) atoms. The molecule has 1 fully saturated rings. The quantitative estimate of drug-likeness (QED) is 0.580. The second-order valence-corrected chi connectivity index (χ2v) is 7.30. The number of nitrogens with zero attached hydrogens (tertiary/aromatic N) is 3. The summed E-state index contributed by atoms with van der Waals surface area (Å²) in [5.74, 6) is 2.47. The number of ether oxygens (including phenoxy) is 1. The van der Waals surface area contributed by atoms with Crippen LogP contribution in [-0.2, 0) is 0 Å². The van der Waals surface area contributed by atoms with E-state index in [9.17, 15) is 5.11 Å². The van der Waals surface area contributed by atoms with Gasteiger partial charge in [-0.15, -0.1) is 0 Å². The van der Waals surface area contributed by atoms with Gasteiger partial charge >= 0.3 is 0 Å². The third-order valence-corrected chi connectivity index (χ3v) is 5.32. The first-order valence-electron chi connectivity index (χ1n) is 10.3. The standard InChI is InChI=1S/C23H32N4O2/c1-4-24-23(25-17-18(2)19-9-5-8-12-22(19)29-3)27-15-13-26(14-16-27)20-10-6-7-11-21(20)28/h5-12,18,28H,4,13-17H2,1-3H3,(H,24,25). The minimum Gasteiger partial charge on any atom is -0.506 e. The molecule has 6 nitrogen and oxygen atoms in total. The molecule has 0 bridgehead atoms. The molecule has 2 aromatic rings. The van der Waals surface area contributed by atoms with E-state index in [1.807, 2.05) is 36.4 Å². The zero-order valence-electron chi connectivity index (χ0n) is 17.6. The number of hydrogen-bond donors (Lipinski definition) is 2. The van der Waals surface area contributed by atoms with E-state index in [4.69, 9.17) is 9.73 Å². The van der Waals surface area contributed by atoms with Crippen molar-refractivity contribution in [1.82, 2.24) is 10.2 Å². The Labute approximate surface area is 173 Å². The largest absolute Gasteiger partial charge is 0.506 e. The van der Waals surface area contributed by atoms with Gasteiger partial charge in [0.25, 0.3) is 0 Å². The molecule has 1 atom stereocenters. The van der Waals surface area contributed by atoms with Crippen molar-refractivity contribution in [3.63, 3.8) is 0 Å². The maximum absolute atomic E-state index is 10.1. The van der Waals surface area contributed by atoms with E-state index in [-0.39, 0.29) is 5.92 Å². The van der Waals surface area contributed by atoms with Crippen molar-refractivity contribution >= 4 is 11.6 Å². The minimum atomic E-state index is 0.266. The van der Waals surface area contributed by atoms with Gasteiger partial charge in [-0.2, -0.15) is 0 Å². The van der Waals surface area contributed by atoms with E-state index < -0.39 is 0 Å². The fraction of sp³-hybridized carbons (Fsp3) is 0.435. The predicted molar refractivity (Wildman–Crippen MR) is 119 cm³/mol. The Morgan fingerprint density at radius 3 is 2.48 bits per heavy atom. The second kappa shape index (κ2) is 10.0. The molecule has 156 valence electrons. The maximum Gasteiger partial charge on any atom is 0.194 e. The molecular formula is C23H32N4O2. The van der Waals surface area contributed by atoms with Gasteiger partial charge < -0.3 is 25.0 Å². The van der Waals surface area contributed by atoms with E-state index in [1.54, 1.807) is 13.2 Å². The number of hydrogen-bond acceptors (Lipinski definition) is 4. The van der Waals surface area contributed by atoms with Crippen LogP contribution >= 0.6 is 0 Å². The highest BCUT2D eigenvalue weighted by Crippen LogP contribution is 2.28. The zero-order valence-corrected chi connectivity index (χ0v) is 17.6. The van der Waals surface area contributed by atoms with E-state index in [0.717, 1.165) is 50.1 Å². The van der Waals surface area contributed by atoms with Crippen molar-refractivity contribution in [3.8, 4) is 11.5 Å². The first-order valence-corrected chi connectivity index (χ1v) is 10.3. The van der Waals surface area contributed by atoms with Crippen molar-refractivity contribution in [2.45, 2.75) is 19.8 Å². The fourth-order valence-electron chi connectivity index (χ4n) is 3.71. The highest BCUT2D eigenvalue weighted by Gasteiger charge is 2.21. The average Bonchev–Trinajstić information content (AvgIpc) is 2.77. The zero-order chi connectivity index (χ0) is 20.6. The summed E-state index contributed by atoms with van der Waals surface area (Å²) in [4.78, 5) is 9.44. The number of rotatable bonds is 6. The number of piperazine rings is 1. The summed E-state index contributed by atoms with van der Waals surface area (Å²) in [6, 6.07) is 15.7. The van der Waals surface area contributed by atoms with E-state index >= 15 is 0 Å². The summed E-state index contributed by atoms with van der Waals surface area (Å²) in [6.07, 6.45) is 0. The van der Waals surface area contributed by atoms with Crippen LogP contribution in [0.4, 0.5) is 5.69 Å². The molecular weight excluding hydrogens is 364 g/mol. The van der Waals surface area contributed by atoms with Crippen LogP contribution in [-0.4, -0.2) is 62.3 Å². The van der Waals surface area contributed by atoms with Crippen LogP contribution < -0.4 is 15.0 Å². The third kappa shape index (κ3) is 5.13. The highest BCUT2D eigenvalue weighted by molar-refractivity contribution is 5.80. The molecule has 1 saturated heterocycles. The normalized spacial score (nSPS) is 15.9. The van der Waals surface area contributed by atoms with Gasteiger partial charge in [-0.3, -0.25) is 4.99 Å². The highest BCUT2D eigenvalue weighted by atomic mass is 16.5. The number of phenolic OH excluding ortho intramolecular Hbond substituents is 1. The molecule has 3 rings (SSSR count). The lowest BCUT2D eigenvalue weighted by molar-refractivity contribution is 0.369. The molecule has 1 aliphatic rings. The molecule has 2 N–H and O–H groups in total. The van der Waals surface area contributed by atoms with Crippen LogP contribution in [0.3, 0.4) is 0 Å². The van der Waals surface area contributed by atoms with Crippen molar-refractivity contribution < 1.29 is 9.84 Å². The van der Waals surface area contributed by atoms with Crippen molar-refractivity contribution in [1.29, 1.82) is 0 Å². The molecule has 2 aromatic carbocycles. The molecule has 1 unspecified atom stereocenters. The Morgan fingerprint density at radius 1 is 1.10 bits per heavy atom. The van der Waals surface area contributed by atoms with Crippen LogP contribution in [0.5, 0.6) is 11.5 Å². The topological polar surface area (TPSA) is 60.3 Å². The number of methoxy groups -OCH3 is 1. The summed E-state index contributed by atoms with van der Waals surface area (Å²) in [5, 5.41) is 13.5. The molecule has 0 amide bonds.